The van der Waals surface area contributed by atoms with E-state index in [1.807, 2.05) is 46.0 Å². The topological polar surface area (TPSA) is 67.6 Å². The highest BCUT2D eigenvalue weighted by Gasteiger charge is 2.36. The molecule has 1 aliphatic carbocycles. The summed E-state index contributed by atoms with van der Waals surface area (Å²) in [6, 6.07) is 0. The van der Waals surface area contributed by atoms with Crippen molar-refractivity contribution in [3.05, 3.63) is 28.7 Å². The Morgan fingerprint density at radius 2 is 2.09 bits per heavy atom. The summed E-state index contributed by atoms with van der Waals surface area (Å²) in [5, 5.41) is 15.3. The number of fused-ring (bicyclic) bond motifs is 1. The van der Waals surface area contributed by atoms with Crippen LogP contribution in [-0.2, 0) is 16.7 Å². The maximum atomic E-state index is 12.2. The van der Waals surface area contributed by atoms with Gasteiger partial charge in [-0.05, 0) is 46.1 Å². The van der Waals surface area contributed by atoms with Gasteiger partial charge in [0, 0.05) is 25.9 Å². The molecular weight excluding hydrogens is 294 g/mol. The molecule has 23 heavy (non-hydrogen) atoms. The normalized spacial score (nSPS) is 19.6. The van der Waals surface area contributed by atoms with Crippen molar-refractivity contribution < 1.29 is 14.6 Å². The van der Waals surface area contributed by atoms with Crippen molar-refractivity contribution in [1.82, 2.24) is 14.7 Å². The minimum atomic E-state index is -0.754. The Hall–Kier alpha value is -1.82. The molecule has 0 fully saturated rings. The number of aliphatic hydroxyl groups is 1. The number of nitrogens with zero attached hydrogens (tertiary/aromatic N) is 3. The second-order valence-corrected chi connectivity index (χ2v) is 7.09. The van der Waals surface area contributed by atoms with E-state index in [1.54, 1.807) is 11.6 Å². The fourth-order valence-electron chi connectivity index (χ4n) is 2.91. The van der Waals surface area contributed by atoms with Crippen LogP contribution >= 0.6 is 0 Å². The van der Waals surface area contributed by atoms with Crippen molar-refractivity contribution in [2.75, 3.05) is 20.7 Å². The molecule has 1 heterocycles. The van der Waals surface area contributed by atoms with Crippen molar-refractivity contribution >= 4 is 5.97 Å². The van der Waals surface area contributed by atoms with Gasteiger partial charge in [0.15, 0.2) is 5.69 Å². The second kappa shape index (κ2) is 6.35. The lowest BCUT2D eigenvalue weighted by Crippen LogP contribution is -2.28. The molecule has 0 aromatic carbocycles. The smallest absolute Gasteiger partial charge is 0.359 e. The van der Waals surface area contributed by atoms with E-state index in [0.29, 0.717) is 30.8 Å². The van der Waals surface area contributed by atoms with Gasteiger partial charge in [0.05, 0.1) is 17.8 Å². The number of rotatable bonds is 3. The third kappa shape index (κ3) is 3.42. The lowest BCUT2D eigenvalue weighted by atomic mass is 9.88. The van der Waals surface area contributed by atoms with Crippen LogP contribution in [0.2, 0.25) is 0 Å². The van der Waals surface area contributed by atoms with Crippen LogP contribution in [-0.4, -0.2) is 46.5 Å². The minimum absolute atomic E-state index is 0.310. The molecule has 0 radical (unpaired) electrons. The summed E-state index contributed by atoms with van der Waals surface area (Å²) in [6.45, 7) is 8.10. The zero-order chi connectivity index (χ0) is 17.4. The molecular formula is C17H27N3O3. The third-order valence-corrected chi connectivity index (χ3v) is 3.83. The van der Waals surface area contributed by atoms with Crippen molar-refractivity contribution in [3.8, 4) is 0 Å². The first kappa shape index (κ1) is 17.5. The monoisotopic (exact) mass is 321 g/mol. The van der Waals surface area contributed by atoms with Crippen molar-refractivity contribution in [2.45, 2.75) is 52.2 Å². The molecule has 1 aromatic rings. The van der Waals surface area contributed by atoms with Crippen LogP contribution in [0.4, 0.5) is 0 Å². The van der Waals surface area contributed by atoms with Gasteiger partial charge < -0.3 is 14.7 Å². The molecule has 0 spiro atoms. The molecule has 1 unspecified atom stereocenters. The van der Waals surface area contributed by atoms with E-state index >= 15 is 0 Å². The van der Waals surface area contributed by atoms with Gasteiger partial charge in [-0.25, -0.2) is 4.79 Å². The Morgan fingerprint density at radius 1 is 1.43 bits per heavy atom. The Bertz CT molecular complexity index is 624. The van der Waals surface area contributed by atoms with Crippen LogP contribution in [0.3, 0.4) is 0 Å². The molecule has 1 N–H and O–H groups in total. The summed E-state index contributed by atoms with van der Waals surface area (Å²) in [4.78, 5) is 14.1. The number of hydrogen-bond acceptors (Lipinski definition) is 5. The Morgan fingerprint density at radius 3 is 2.61 bits per heavy atom. The number of ether oxygens (including phenoxy) is 1. The Balaban J connectivity index is 2.58. The fraction of sp³-hybridized carbons (Fsp3) is 0.647. The number of hydrogen-bond donors (Lipinski definition) is 1. The quantitative estimate of drug-likeness (QED) is 0.865. The first-order valence-electron chi connectivity index (χ1n) is 8.01. The van der Waals surface area contributed by atoms with Gasteiger partial charge in [0.1, 0.15) is 6.10 Å². The predicted molar refractivity (Wildman–Crippen MR) is 88.2 cm³/mol. The van der Waals surface area contributed by atoms with Gasteiger partial charge in [0.2, 0.25) is 0 Å². The summed E-state index contributed by atoms with van der Waals surface area (Å²) in [5.74, 6) is -0.418. The molecule has 0 bridgehead atoms. The van der Waals surface area contributed by atoms with E-state index in [1.165, 1.54) is 0 Å². The van der Waals surface area contributed by atoms with Gasteiger partial charge in [-0.15, -0.1) is 0 Å². The summed E-state index contributed by atoms with van der Waals surface area (Å²) in [7, 11) is 3.86. The lowest BCUT2D eigenvalue weighted by Gasteiger charge is -2.29. The highest BCUT2D eigenvalue weighted by Crippen LogP contribution is 2.38. The van der Waals surface area contributed by atoms with Crippen LogP contribution in [0, 0.1) is 0 Å². The van der Waals surface area contributed by atoms with E-state index in [4.69, 9.17) is 4.74 Å². The van der Waals surface area contributed by atoms with Crippen LogP contribution in [0.15, 0.2) is 11.8 Å². The Labute approximate surface area is 137 Å². The fourth-order valence-corrected chi connectivity index (χ4v) is 2.91. The predicted octanol–water partition coefficient (Wildman–Crippen LogP) is 2.24. The molecule has 0 amide bonds. The molecule has 128 valence electrons. The van der Waals surface area contributed by atoms with E-state index in [-0.39, 0.29) is 5.54 Å². The standard InChI is InChI=1S/C17H27N3O3/c1-7-23-16(22)13-12-9-8-11(10-19(5)6)15(21)14(12)20(18-13)17(2,3)4/h10,15,21H,7-9H2,1-6H3. The average molecular weight is 321 g/mol. The number of carbonyl (C=O) groups is 1. The highest BCUT2D eigenvalue weighted by molar-refractivity contribution is 5.89. The minimum Gasteiger partial charge on any atom is -0.461 e. The van der Waals surface area contributed by atoms with E-state index in [0.717, 1.165) is 11.1 Å². The number of esters is 1. The van der Waals surface area contributed by atoms with Crippen LogP contribution < -0.4 is 0 Å². The SMILES string of the molecule is CCOC(=O)c1nn(C(C)(C)C)c2c1CCC(=CN(C)C)C2O. The van der Waals surface area contributed by atoms with E-state index < -0.39 is 12.1 Å². The molecule has 0 saturated carbocycles. The Kier molecular flexibility index (Phi) is 4.84. The van der Waals surface area contributed by atoms with Crippen LogP contribution in [0.5, 0.6) is 0 Å². The second-order valence-electron chi connectivity index (χ2n) is 7.09. The van der Waals surface area contributed by atoms with Crippen LogP contribution in [0.25, 0.3) is 0 Å². The number of aliphatic hydroxyl groups excluding tert-OH is 1. The first-order valence-corrected chi connectivity index (χ1v) is 8.01. The van der Waals surface area contributed by atoms with Crippen molar-refractivity contribution in [1.29, 1.82) is 0 Å². The summed E-state index contributed by atoms with van der Waals surface area (Å²) < 4.78 is 6.89. The van der Waals surface area contributed by atoms with Crippen molar-refractivity contribution in [2.24, 2.45) is 0 Å². The summed E-state index contributed by atoms with van der Waals surface area (Å²) in [5.41, 5.74) is 2.45. The zero-order valence-corrected chi connectivity index (χ0v) is 14.9. The maximum Gasteiger partial charge on any atom is 0.359 e. The summed E-state index contributed by atoms with van der Waals surface area (Å²) >= 11 is 0. The largest absolute Gasteiger partial charge is 0.461 e. The molecule has 1 atom stereocenters. The lowest BCUT2D eigenvalue weighted by molar-refractivity contribution is 0.0516. The zero-order valence-electron chi connectivity index (χ0n) is 14.9. The molecule has 0 saturated heterocycles. The highest BCUT2D eigenvalue weighted by atomic mass is 16.5. The first-order chi connectivity index (χ1) is 10.7. The molecule has 6 nitrogen and oxygen atoms in total. The molecule has 2 rings (SSSR count). The molecule has 6 heteroatoms. The molecule has 1 aromatic heterocycles. The van der Waals surface area contributed by atoms with E-state index in [2.05, 4.69) is 5.10 Å². The van der Waals surface area contributed by atoms with Gasteiger partial charge >= 0.3 is 5.97 Å². The maximum absolute atomic E-state index is 12.2. The van der Waals surface area contributed by atoms with E-state index in [9.17, 15) is 9.90 Å². The van der Waals surface area contributed by atoms with Gasteiger partial charge in [-0.3, -0.25) is 4.68 Å². The number of aromatic nitrogens is 2. The third-order valence-electron chi connectivity index (χ3n) is 3.83. The van der Waals surface area contributed by atoms with Crippen molar-refractivity contribution in [3.63, 3.8) is 0 Å². The molecule has 0 aliphatic heterocycles. The van der Waals surface area contributed by atoms with Gasteiger partial charge in [0.25, 0.3) is 0 Å². The molecule has 1 aliphatic rings. The van der Waals surface area contributed by atoms with Gasteiger partial charge in [-0.1, -0.05) is 0 Å². The number of carbonyl (C=O) groups excluding carboxylic acids is 1. The van der Waals surface area contributed by atoms with Crippen LogP contribution in [0.1, 0.15) is 62.0 Å². The summed E-state index contributed by atoms with van der Waals surface area (Å²) in [6.07, 6.45) is 2.57. The average Bonchev–Trinajstić information content (AvgIpc) is 2.82. The van der Waals surface area contributed by atoms with Gasteiger partial charge in [-0.2, -0.15) is 5.10 Å².